The molecule has 2 saturated heterocycles. The highest BCUT2D eigenvalue weighted by atomic mass is 16.5. The summed E-state index contributed by atoms with van der Waals surface area (Å²) in [5.74, 6) is 2.41. The maximum atomic E-state index is 12.6. The number of nitrogens with zero attached hydrogens (tertiary/aromatic N) is 1. The van der Waals surface area contributed by atoms with Gasteiger partial charge in [0.25, 0.3) is 0 Å². The van der Waals surface area contributed by atoms with Crippen LogP contribution in [0.1, 0.15) is 31.2 Å². The number of para-hydroxylation sites is 1. The monoisotopic (exact) mass is 365 g/mol. The molecule has 4 heteroatoms. The zero-order valence-electron chi connectivity index (χ0n) is 15.9. The Kier molecular flexibility index (Phi) is 5.73. The fraction of sp³-hybridized carbons (Fsp3) is 0.435. The van der Waals surface area contributed by atoms with Gasteiger partial charge in [-0.25, -0.2) is 0 Å². The fourth-order valence-electron chi connectivity index (χ4n) is 4.28. The quantitative estimate of drug-likeness (QED) is 0.884. The van der Waals surface area contributed by atoms with E-state index in [4.69, 9.17) is 4.74 Å². The molecule has 0 radical (unpaired) electrons. The summed E-state index contributed by atoms with van der Waals surface area (Å²) in [4.78, 5) is 16.2. The van der Waals surface area contributed by atoms with E-state index in [1.807, 2.05) is 36.4 Å². The van der Waals surface area contributed by atoms with Crippen molar-refractivity contribution in [2.45, 2.75) is 32.2 Å². The van der Waals surface area contributed by atoms with E-state index >= 15 is 0 Å². The van der Waals surface area contributed by atoms with Gasteiger partial charge in [-0.3, -0.25) is 4.79 Å². The third kappa shape index (κ3) is 4.69. The number of hydrogen-bond donors (Lipinski definition) is 1. The van der Waals surface area contributed by atoms with Gasteiger partial charge in [-0.1, -0.05) is 30.3 Å². The molecule has 0 spiro atoms. The van der Waals surface area contributed by atoms with Gasteiger partial charge in [0.1, 0.15) is 18.0 Å². The molecule has 0 aromatic heterocycles. The van der Waals surface area contributed by atoms with Crippen molar-refractivity contribution >= 4 is 5.91 Å². The lowest BCUT2D eigenvalue weighted by atomic mass is 9.95. The van der Waals surface area contributed by atoms with E-state index in [2.05, 4.69) is 23.1 Å². The Morgan fingerprint density at radius 2 is 1.67 bits per heavy atom. The summed E-state index contributed by atoms with van der Waals surface area (Å²) in [6, 6.07) is 18.3. The van der Waals surface area contributed by atoms with E-state index in [1.165, 1.54) is 18.4 Å². The molecule has 2 aliphatic rings. The SMILES string of the molecule is O=C(C1CC[NH+](Cc2cccc(Oc3ccccc3)c2)CC1)N1CCCC1. The molecule has 4 rings (SSSR count). The smallest absolute Gasteiger partial charge is 0.226 e. The Morgan fingerprint density at radius 3 is 2.41 bits per heavy atom. The number of hydrogen-bond acceptors (Lipinski definition) is 2. The number of carbonyl (C=O) groups excluding carboxylic acids is 1. The molecule has 0 atom stereocenters. The molecule has 1 N–H and O–H groups in total. The summed E-state index contributed by atoms with van der Waals surface area (Å²) in [6.45, 7) is 5.10. The maximum Gasteiger partial charge on any atom is 0.226 e. The van der Waals surface area contributed by atoms with Crippen LogP contribution < -0.4 is 9.64 Å². The largest absolute Gasteiger partial charge is 0.457 e. The lowest BCUT2D eigenvalue weighted by molar-refractivity contribution is -0.919. The first-order valence-electron chi connectivity index (χ1n) is 10.2. The van der Waals surface area contributed by atoms with Gasteiger partial charge >= 0.3 is 0 Å². The predicted octanol–water partition coefficient (Wildman–Crippen LogP) is 2.90. The molecule has 1 amide bonds. The summed E-state index contributed by atoms with van der Waals surface area (Å²) in [6.07, 6.45) is 4.39. The highest BCUT2D eigenvalue weighted by Gasteiger charge is 2.31. The Hall–Kier alpha value is -2.33. The fourth-order valence-corrected chi connectivity index (χ4v) is 4.28. The number of carbonyl (C=O) groups is 1. The van der Waals surface area contributed by atoms with Crippen molar-refractivity contribution in [1.29, 1.82) is 0 Å². The van der Waals surface area contributed by atoms with Crippen LogP contribution in [-0.2, 0) is 11.3 Å². The molecule has 0 bridgehead atoms. The number of nitrogens with one attached hydrogen (secondary N) is 1. The molecular formula is C23H29N2O2+. The van der Waals surface area contributed by atoms with E-state index in [0.717, 1.165) is 57.1 Å². The van der Waals surface area contributed by atoms with Crippen molar-refractivity contribution < 1.29 is 14.4 Å². The third-order valence-electron chi connectivity index (χ3n) is 5.79. The minimum Gasteiger partial charge on any atom is -0.457 e. The van der Waals surface area contributed by atoms with Crippen LogP contribution >= 0.6 is 0 Å². The molecule has 0 unspecified atom stereocenters. The van der Waals surface area contributed by atoms with Crippen molar-refractivity contribution in [3.05, 3.63) is 60.2 Å². The minimum atomic E-state index is 0.250. The van der Waals surface area contributed by atoms with Gasteiger partial charge in [-0.05, 0) is 37.1 Å². The number of benzene rings is 2. The summed E-state index contributed by atoms with van der Waals surface area (Å²) in [7, 11) is 0. The van der Waals surface area contributed by atoms with Crippen molar-refractivity contribution in [3.8, 4) is 11.5 Å². The van der Waals surface area contributed by atoms with Gasteiger partial charge in [-0.15, -0.1) is 0 Å². The van der Waals surface area contributed by atoms with Crippen LogP contribution in [0.25, 0.3) is 0 Å². The lowest BCUT2D eigenvalue weighted by Gasteiger charge is -2.31. The van der Waals surface area contributed by atoms with E-state index in [1.54, 1.807) is 4.90 Å². The van der Waals surface area contributed by atoms with Crippen molar-refractivity contribution in [2.75, 3.05) is 26.2 Å². The molecule has 0 aliphatic carbocycles. The van der Waals surface area contributed by atoms with Crippen LogP contribution in [-0.4, -0.2) is 37.0 Å². The van der Waals surface area contributed by atoms with Crippen molar-refractivity contribution in [2.24, 2.45) is 5.92 Å². The first-order chi connectivity index (χ1) is 13.3. The van der Waals surface area contributed by atoms with Crippen LogP contribution in [0.5, 0.6) is 11.5 Å². The summed E-state index contributed by atoms with van der Waals surface area (Å²) in [5, 5.41) is 0. The topological polar surface area (TPSA) is 34.0 Å². The summed E-state index contributed by atoms with van der Waals surface area (Å²) in [5.41, 5.74) is 1.29. The Bertz CT molecular complexity index is 748. The average molecular weight is 365 g/mol. The predicted molar refractivity (Wildman–Crippen MR) is 106 cm³/mol. The van der Waals surface area contributed by atoms with Gasteiger partial charge in [0.05, 0.1) is 13.1 Å². The normalized spacial score (nSPS) is 22.6. The Balaban J connectivity index is 1.30. The molecule has 2 fully saturated rings. The third-order valence-corrected chi connectivity index (χ3v) is 5.79. The molecule has 2 aromatic carbocycles. The molecule has 2 aliphatic heterocycles. The van der Waals surface area contributed by atoms with E-state index in [9.17, 15) is 4.79 Å². The van der Waals surface area contributed by atoms with Crippen molar-refractivity contribution in [1.82, 2.24) is 4.90 Å². The molecule has 2 aromatic rings. The number of likely N-dealkylation sites (tertiary alicyclic amines) is 2. The number of quaternary nitrogens is 1. The van der Waals surface area contributed by atoms with Gasteiger partial charge in [-0.2, -0.15) is 0 Å². The van der Waals surface area contributed by atoms with Crippen molar-refractivity contribution in [3.63, 3.8) is 0 Å². The molecule has 142 valence electrons. The number of rotatable bonds is 5. The second-order valence-electron chi connectivity index (χ2n) is 7.80. The summed E-state index contributed by atoms with van der Waals surface area (Å²) < 4.78 is 5.95. The van der Waals surface area contributed by atoms with Crippen LogP contribution in [0, 0.1) is 5.92 Å². The molecular weight excluding hydrogens is 336 g/mol. The minimum absolute atomic E-state index is 0.250. The van der Waals surface area contributed by atoms with E-state index < -0.39 is 0 Å². The molecule has 0 saturated carbocycles. The molecule has 4 nitrogen and oxygen atoms in total. The number of ether oxygens (including phenoxy) is 1. The lowest BCUT2D eigenvalue weighted by Crippen LogP contribution is -3.11. The first-order valence-corrected chi connectivity index (χ1v) is 10.2. The summed E-state index contributed by atoms with van der Waals surface area (Å²) >= 11 is 0. The van der Waals surface area contributed by atoms with Gasteiger partial charge in [0.15, 0.2) is 0 Å². The molecule has 2 heterocycles. The Labute approximate surface area is 161 Å². The number of amides is 1. The first kappa shape index (κ1) is 18.1. The van der Waals surface area contributed by atoms with Gasteiger partial charge in [0, 0.05) is 37.4 Å². The maximum absolute atomic E-state index is 12.6. The van der Waals surface area contributed by atoms with Crippen LogP contribution in [0.2, 0.25) is 0 Å². The van der Waals surface area contributed by atoms with E-state index in [0.29, 0.717) is 5.91 Å². The highest BCUT2D eigenvalue weighted by Crippen LogP contribution is 2.22. The van der Waals surface area contributed by atoms with Crippen LogP contribution in [0.4, 0.5) is 0 Å². The average Bonchev–Trinajstić information content (AvgIpc) is 3.24. The molecule has 27 heavy (non-hydrogen) atoms. The van der Waals surface area contributed by atoms with Gasteiger partial charge < -0.3 is 14.5 Å². The van der Waals surface area contributed by atoms with Gasteiger partial charge in [0.2, 0.25) is 5.91 Å². The standard InChI is InChI=1S/C23H28N2O2/c26-23(25-13-4-5-14-25)20-11-15-24(16-12-20)18-19-7-6-10-22(17-19)27-21-8-2-1-3-9-21/h1-3,6-10,17,20H,4-5,11-16,18H2/p+1. The highest BCUT2D eigenvalue weighted by molar-refractivity contribution is 5.79. The Morgan fingerprint density at radius 1 is 0.963 bits per heavy atom. The van der Waals surface area contributed by atoms with E-state index in [-0.39, 0.29) is 5.92 Å². The zero-order valence-corrected chi connectivity index (χ0v) is 15.9. The second-order valence-corrected chi connectivity index (χ2v) is 7.80. The second kappa shape index (κ2) is 8.57. The van der Waals surface area contributed by atoms with Crippen LogP contribution in [0.3, 0.4) is 0 Å². The zero-order chi connectivity index (χ0) is 18.5. The number of piperidine rings is 1. The van der Waals surface area contributed by atoms with Crippen LogP contribution in [0.15, 0.2) is 54.6 Å².